The molecule has 0 radical (unpaired) electrons. The minimum atomic E-state index is -0.708. The van der Waals surface area contributed by atoms with Crippen molar-refractivity contribution < 1.29 is 4.42 Å². The van der Waals surface area contributed by atoms with Crippen LogP contribution in [0.2, 0.25) is 0 Å². The minimum Gasteiger partial charge on any atom is -0.455 e. The van der Waals surface area contributed by atoms with E-state index in [9.17, 15) is 0 Å². The number of rotatable bonds is 6. The molecule has 0 saturated heterocycles. The summed E-state index contributed by atoms with van der Waals surface area (Å²) in [7, 11) is 0. The first-order valence-corrected chi connectivity index (χ1v) is 19.2. The van der Waals surface area contributed by atoms with E-state index in [2.05, 4.69) is 138 Å². The molecule has 0 amide bonds. The number of aromatic nitrogens is 3. The van der Waals surface area contributed by atoms with Crippen LogP contribution in [0.15, 0.2) is 211 Å². The number of furan rings is 1. The lowest BCUT2D eigenvalue weighted by Crippen LogP contribution is -2.38. The van der Waals surface area contributed by atoms with Crippen LogP contribution in [0, 0.1) is 0 Å². The zero-order valence-corrected chi connectivity index (χ0v) is 30.8. The molecule has 1 aliphatic heterocycles. The molecule has 0 fully saturated rings. The summed E-state index contributed by atoms with van der Waals surface area (Å²) in [5.74, 6) is 1.78. The number of hydrogen-bond donors (Lipinski definition) is 0. The molecule has 0 bridgehead atoms. The Morgan fingerprint density at radius 1 is 0.404 bits per heavy atom. The summed E-state index contributed by atoms with van der Waals surface area (Å²) < 4.78 is 6.57. The van der Waals surface area contributed by atoms with E-state index >= 15 is 0 Å². The highest BCUT2D eigenvalue weighted by molar-refractivity contribution is 6.09. The van der Waals surface area contributed by atoms with Crippen LogP contribution in [0.5, 0.6) is 0 Å². The van der Waals surface area contributed by atoms with Crippen LogP contribution in [-0.4, -0.2) is 15.0 Å². The average Bonchev–Trinajstić information content (AvgIpc) is 3.68. The first-order chi connectivity index (χ1) is 28.3. The van der Waals surface area contributed by atoms with Crippen LogP contribution >= 0.6 is 0 Å². The van der Waals surface area contributed by atoms with E-state index in [0.29, 0.717) is 17.6 Å². The topological polar surface area (TPSA) is 55.1 Å². The second kappa shape index (κ2) is 13.3. The standard InChI is InChI=1S/C52H34N4O/c1-4-18-35(19-5-1)49-53-50(36-20-6-2-7-21-36)55-51(54-49)56-45-31-13-11-29-43(45)52(38-23-8-3-9-24-38,44-30-12-14-32-46(44)56)39-25-16-22-37(34-39)40-27-17-28-42-41-26-10-15-33-47(41)57-48(40)42/h1-34H. The maximum absolute atomic E-state index is 6.57. The van der Waals surface area contributed by atoms with Gasteiger partial charge in [-0.3, -0.25) is 4.90 Å². The molecule has 10 aromatic rings. The molecule has 0 saturated carbocycles. The van der Waals surface area contributed by atoms with Crippen LogP contribution in [0.25, 0.3) is 55.8 Å². The van der Waals surface area contributed by atoms with Crippen molar-refractivity contribution in [3.63, 3.8) is 0 Å². The lowest BCUT2D eigenvalue weighted by atomic mass is 9.62. The Hall–Kier alpha value is -7.63. The van der Waals surface area contributed by atoms with Crippen molar-refractivity contribution in [1.29, 1.82) is 0 Å². The van der Waals surface area contributed by atoms with E-state index in [-0.39, 0.29) is 0 Å². The van der Waals surface area contributed by atoms with Gasteiger partial charge in [0.15, 0.2) is 11.6 Å². The van der Waals surface area contributed by atoms with Crippen LogP contribution in [-0.2, 0) is 5.41 Å². The fourth-order valence-electron chi connectivity index (χ4n) is 8.73. The van der Waals surface area contributed by atoms with Crippen molar-refractivity contribution in [3.05, 3.63) is 229 Å². The van der Waals surface area contributed by atoms with Gasteiger partial charge in [-0.05, 0) is 52.1 Å². The Kier molecular flexibility index (Phi) is 7.64. The summed E-state index contributed by atoms with van der Waals surface area (Å²) in [5, 5.41) is 2.23. The highest BCUT2D eigenvalue weighted by atomic mass is 16.3. The van der Waals surface area contributed by atoms with Gasteiger partial charge in [-0.15, -0.1) is 0 Å². The third kappa shape index (κ3) is 5.20. The summed E-state index contributed by atoms with van der Waals surface area (Å²) in [6.45, 7) is 0. The zero-order chi connectivity index (χ0) is 37.8. The highest BCUT2D eigenvalue weighted by Crippen LogP contribution is 2.57. The second-order valence-corrected chi connectivity index (χ2v) is 14.4. The number of nitrogens with zero attached hydrogens (tertiary/aromatic N) is 4. The van der Waals surface area contributed by atoms with Crippen LogP contribution in [0.1, 0.15) is 22.3 Å². The normalized spacial score (nSPS) is 13.0. The number of fused-ring (bicyclic) bond motifs is 5. The van der Waals surface area contributed by atoms with E-state index < -0.39 is 5.41 Å². The number of anilines is 3. The van der Waals surface area contributed by atoms with Gasteiger partial charge in [0.05, 0.1) is 16.8 Å². The van der Waals surface area contributed by atoms with Crippen molar-refractivity contribution >= 4 is 39.3 Å². The molecule has 0 spiro atoms. The van der Waals surface area contributed by atoms with Gasteiger partial charge in [0.2, 0.25) is 5.95 Å². The molecular formula is C52H34N4O. The Labute approximate surface area is 330 Å². The SMILES string of the molecule is c1ccc(-c2nc(-c3ccccc3)nc(N3c4ccccc4C(c4ccccc4)(c4cccc(-c5cccc6c5oc5ccccc56)c4)c4ccccc43)n2)cc1. The highest BCUT2D eigenvalue weighted by Gasteiger charge is 2.47. The molecule has 3 heterocycles. The fourth-order valence-corrected chi connectivity index (χ4v) is 8.73. The summed E-state index contributed by atoms with van der Waals surface area (Å²) in [4.78, 5) is 17.7. The predicted octanol–water partition coefficient (Wildman–Crippen LogP) is 12.9. The van der Waals surface area contributed by atoms with Gasteiger partial charge in [-0.25, -0.2) is 4.98 Å². The van der Waals surface area contributed by atoms with E-state index in [1.54, 1.807) is 0 Å². The number of para-hydroxylation sites is 4. The maximum Gasteiger partial charge on any atom is 0.238 e. The largest absolute Gasteiger partial charge is 0.455 e. The van der Waals surface area contributed by atoms with Gasteiger partial charge in [0.25, 0.3) is 0 Å². The summed E-state index contributed by atoms with van der Waals surface area (Å²) in [5.41, 5.74) is 11.6. The van der Waals surface area contributed by atoms with Crippen LogP contribution in [0.3, 0.4) is 0 Å². The van der Waals surface area contributed by atoms with Gasteiger partial charge in [0, 0.05) is 27.5 Å². The molecule has 57 heavy (non-hydrogen) atoms. The molecule has 2 aromatic heterocycles. The van der Waals surface area contributed by atoms with Crippen molar-refractivity contribution in [3.8, 4) is 33.9 Å². The fraction of sp³-hybridized carbons (Fsp3) is 0.0192. The zero-order valence-electron chi connectivity index (χ0n) is 30.8. The molecule has 1 aliphatic rings. The maximum atomic E-state index is 6.57. The lowest BCUT2D eigenvalue weighted by molar-refractivity contribution is 0.670. The molecule has 11 rings (SSSR count). The Morgan fingerprint density at radius 3 is 1.58 bits per heavy atom. The molecule has 0 unspecified atom stereocenters. The smallest absolute Gasteiger partial charge is 0.238 e. The Bertz CT molecular complexity index is 2980. The molecular weight excluding hydrogens is 697 g/mol. The van der Waals surface area contributed by atoms with E-state index in [1.165, 1.54) is 0 Å². The number of benzene rings is 8. The molecule has 5 heteroatoms. The minimum absolute atomic E-state index is 0.551. The van der Waals surface area contributed by atoms with Crippen LogP contribution < -0.4 is 4.90 Å². The van der Waals surface area contributed by atoms with Gasteiger partial charge >= 0.3 is 0 Å². The van der Waals surface area contributed by atoms with Crippen molar-refractivity contribution in [1.82, 2.24) is 15.0 Å². The quantitative estimate of drug-likeness (QED) is 0.170. The van der Waals surface area contributed by atoms with Crippen molar-refractivity contribution in [2.45, 2.75) is 5.41 Å². The van der Waals surface area contributed by atoms with Crippen molar-refractivity contribution in [2.75, 3.05) is 4.90 Å². The monoisotopic (exact) mass is 730 g/mol. The average molecular weight is 731 g/mol. The van der Waals surface area contributed by atoms with Gasteiger partial charge in [-0.1, -0.05) is 182 Å². The summed E-state index contributed by atoms with van der Waals surface area (Å²) in [6.07, 6.45) is 0. The third-order valence-corrected chi connectivity index (χ3v) is 11.2. The molecule has 8 aromatic carbocycles. The molecule has 0 N–H and O–H groups in total. The summed E-state index contributed by atoms with van der Waals surface area (Å²) >= 11 is 0. The van der Waals surface area contributed by atoms with E-state index in [4.69, 9.17) is 19.4 Å². The van der Waals surface area contributed by atoms with Gasteiger partial charge in [-0.2, -0.15) is 9.97 Å². The number of hydrogen-bond acceptors (Lipinski definition) is 5. The summed E-state index contributed by atoms with van der Waals surface area (Å²) in [6, 6.07) is 72.2. The van der Waals surface area contributed by atoms with E-state index in [0.717, 1.165) is 77.8 Å². The first kappa shape index (κ1) is 32.8. The van der Waals surface area contributed by atoms with Gasteiger partial charge in [0.1, 0.15) is 11.2 Å². The lowest BCUT2D eigenvalue weighted by Gasteiger charge is -2.45. The Balaban J connectivity index is 1.18. The van der Waals surface area contributed by atoms with Crippen LogP contribution in [0.4, 0.5) is 17.3 Å². The molecule has 0 aliphatic carbocycles. The molecule has 0 atom stereocenters. The first-order valence-electron chi connectivity index (χ1n) is 19.2. The third-order valence-electron chi connectivity index (χ3n) is 11.2. The Morgan fingerprint density at radius 2 is 0.912 bits per heavy atom. The molecule has 268 valence electrons. The van der Waals surface area contributed by atoms with E-state index in [1.807, 2.05) is 72.8 Å². The van der Waals surface area contributed by atoms with Gasteiger partial charge < -0.3 is 4.42 Å². The van der Waals surface area contributed by atoms with Crippen molar-refractivity contribution in [2.24, 2.45) is 0 Å². The second-order valence-electron chi connectivity index (χ2n) is 14.4. The molecule has 5 nitrogen and oxygen atoms in total. The predicted molar refractivity (Wildman–Crippen MR) is 230 cm³/mol.